The molecule has 2 rings (SSSR count). The highest BCUT2D eigenvalue weighted by Gasteiger charge is 2.26. The maximum absolute atomic E-state index is 13.4. The Morgan fingerprint density at radius 3 is 2.92 bits per heavy atom. The number of fused-ring (bicyclic) bond motifs is 1. The third-order valence-corrected chi connectivity index (χ3v) is 2.80. The Bertz CT molecular complexity index is 285. The van der Waals surface area contributed by atoms with Crippen LogP contribution in [0.15, 0.2) is 24.3 Å². The molecule has 64 valence electrons. The van der Waals surface area contributed by atoms with Crippen LogP contribution < -0.4 is 0 Å². The Labute approximate surface area is 76.4 Å². The van der Waals surface area contributed by atoms with Crippen molar-refractivity contribution in [3.05, 3.63) is 35.4 Å². The zero-order chi connectivity index (χ0) is 8.55. The zero-order valence-corrected chi connectivity index (χ0v) is 7.39. The lowest BCUT2D eigenvalue weighted by Crippen LogP contribution is -2.17. The lowest BCUT2D eigenvalue weighted by Gasteiger charge is -2.23. The summed E-state index contributed by atoms with van der Waals surface area (Å²) in [4.78, 5) is 0. The second-order valence-electron chi connectivity index (χ2n) is 3.16. The molecule has 1 aromatic rings. The maximum atomic E-state index is 13.4. The molecule has 0 saturated carbocycles. The zero-order valence-electron chi connectivity index (χ0n) is 6.63. The first-order valence-corrected chi connectivity index (χ1v) is 4.58. The Kier molecular flexibility index (Phi) is 2.05. The lowest BCUT2D eigenvalue weighted by atomic mass is 9.90. The quantitative estimate of drug-likeness (QED) is 0.543. The molecular weight excluding hydrogens is 175 g/mol. The van der Waals surface area contributed by atoms with Crippen LogP contribution in [0, 0.1) is 0 Å². The van der Waals surface area contributed by atoms with Gasteiger partial charge in [-0.3, -0.25) is 0 Å². The first-order valence-electron chi connectivity index (χ1n) is 4.15. The fourth-order valence-electron chi connectivity index (χ4n) is 1.67. The minimum Gasteiger partial charge on any atom is -0.241 e. The van der Waals surface area contributed by atoms with Crippen LogP contribution >= 0.6 is 11.6 Å². The molecule has 0 radical (unpaired) electrons. The number of aryl methyl sites for hydroxylation is 1. The van der Waals surface area contributed by atoms with E-state index in [4.69, 9.17) is 11.6 Å². The molecule has 0 unspecified atom stereocenters. The van der Waals surface area contributed by atoms with Gasteiger partial charge in [-0.15, -0.1) is 11.6 Å². The number of hydrogen-bond donors (Lipinski definition) is 0. The van der Waals surface area contributed by atoms with Crippen molar-refractivity contribution >= 4 is 11.6 Å². The molecule has 0 saturated heterocycles. The van der Waals surface area contributed by atoms with Gasteiger partial charge in [0.2, 0.25) is 0 Å². The molecule has 1 aliphatic carbocycles. The van der Waals surface area contributed by atoms with Gasteiger partial charge in [0, 0.05) is 0 Å². The third kappa shape index (κ3) is 1.22. The molecule has 1 aromatic carbocycles. The fraction of sp³-hybridized carbons (Fsp3) is 0.400. The summed E-state index contributed by atoms with van der Waals surface area (Å²) < 4.78 is 13.4. The van der Waals surface area contributed by atoms with Gasteiger partial charge in [-0.1, -0.05) is 24.3 Å². The maximum Gasteiger partial charge on any atom is 0.142 e. The normalized spacial score (nSPS) is 28.2. The topological polar surface area (TPSA) is 0 Å². The van der Waals surface area contributed by atoms with Crippen molar-refractivity contribution in [1.29, 1.82) is 0 Å². The fourth-order valence-corrected chi connectivity index (χ4v) is 1.91. The molecule has 2 atom stereocenters. The van der Waals surface area contributed by atoms with Gasteiger partial charge in [-0.2, -0.15) is 0 Å². The summed E-state index contributed by atoms with van der Waals surface area (Å²) in [5.41, 5.74) is 1.89. The van der Waals surface area contributed by atoms with Crippen LogP contribution in [0.25, 0.3) is 0 Å². The summed E-state index contributed by atoms with van der Waals surface area (Å²) in [5, 5.41) is -0.333. The summed E-state index contributed by atoms with van der Waals surface area (Å²) in [5.74, 6) is 0. The Morgan fingerprint density at radius 2 is 2.08 bits per heavy atom. The van der Waals surface area contributed by atoms with E-state index >= 15 is 0 Å². The Balaban J connectivity index is 2.42. The molecule has 0 spiro atoms. The number of halogens is 2. The molecule has 1 aliphatic rings. The smallest absolute Gasteiger partial charge is 0.142 e. The third-order valence-electron chi connectivity index (χ3n) is 2.36. The molecule has 0 aromatic heterocycles. The van der Waals surface area contributed by atoms with E-state index in [1.807, 2.05) is 24.3 Å². The van der Waals surface area contributed by atoms with Crippen molar-refractivity contribution in [2.75, 3.05) is 0 Å². The standard InChI is InChI=1S/C10H10ClF/c11-9-6-5-7-3-1-2-4-8(7)10(9)12/h1-4,9-10H,5-6H2/t9-,10+/m0/s1. The first kappa shape index (κ1) is 8.06. The molecular formula is C10H10ClF. The highest BCUT2D eigenvalue weighted by atomic mass is 35.5. The SMILES string of the molecule is F[C@@H]1c2ccccc2CC[C@@H]1Cl. The molecule has 0 amide bonds. The molecule has 0 bridgehead atoms. The highest BCUT2D eigenvalue weighted by molar-refractivity contribution is 6.21. The number of benzene rings is 1. The molecule has 12 heavy (non-hydrogen) atoms. The average Bonchev–Trinajstić information content (AvgIpc) is 2.12. The van der Waals surface area contributed by atoms with E-state index in [1.165, 1.54) is 0 Å². The van der Waals surface area contributed by atoms with Crippen molar-refractivity contribution in [3.63, 3.8) is 0 Å². The monoisotopic (exact) mass is 184 g/mol. The van der Waals surface area contributed by atoms with Gasteiger partial charge in [0.1, 0.15) is 6.17 Å². The van der Waals surface area contributed by atoms with Gasteiger partial charge in [0.25, 0.3) is 0 Å². The van der Waals surface area contributed by atoms with E-state index < -0.39 is 6.17 Å². The van der Waals surface area contributed by atoms with Gasteiger partial charge in [0.15, 0.2) is 0 Å². The predicted molar refractivity (Wildman–Crippen MR) is 48.3 cm³/mol. The number of alkyl halides is 2. The first-order chi connectivity index (χ1) is 5.79. The highest BCUT2D eigenvalue weighted by Crippen LogP contribution is 2.35. The van der Waals surface area contributed by atoms with Crippen LogP contribution in [0.1, 0.15) is 23.7 Å². The predicted octanol–water partition coefficient (Wildman–Crippen LogP) is 3.25. The Hall–Kier alpha value is -0.560. The number of hydrogen-bond acceptors (Lipinski definition) is 0. The number of rotatable bonds is 0. The van der Waals surface area contributed by atoms with Gasteiger partial charge in [-0.25, -0.2) is 4.39 Å². The second-order valence-corrected chi connectivity index (χ2v) is 3.72. The van der Waals surface area contributed by atoms with E-state index in [0.717, 1.165) is 24.0 Å². The van der Waals surface area contributed by atoms with Crippen LogP contribution in [-0.4, -0.2) is 5.38 Å². The van der Waals surface area contributed by atoms with E-state index in [-0.39, 0.29) is 5.38 Å². The van der Waals surface area contributed by atoms with Crippen LogP contribution in [0.2, 0.25) is 0 Å². The van der Waals surface area contributed by atoms with Crippen LogP contribution in [0.4, 0.5) is 4.39 Å². The minimum atomic E-state index is -0.975. The summed E-state index contributed by atoms with van der Waals surface area (Å²) in [6.07, 6.45) is 0.682. The molecule has 0 aliphatic heterocycles. The van der Waals surface area contributed by atoms with Gasteiger partial charge in [0.05, 0.1) is 5.38 Å². The summed E-state index contributed by atoms with van der Waals surface area (Å²) in [6.45, 7) is 0. The lowest BCUT2D eigenvalue weighted by molar-refractivity contribution is 0.308. The largest absolute Gasteiger partial charge is 0.241 e. The Morgan fingerprint density at radius 1 is 1.33 bits per heavy atom. The van der Waals surface area contributed by atoms with Crippen LogP contribution in [0.3, 0.4) is 0 Å². The molecule has 2 heteroatoms. The van der Waals surface area contributed by atoms with Crippen LogP contribution in [-0.2, 0) is 6.42 Å². The van der Waals surface area contributed by atoms with Crippen molar-refractivity contribution in [2.24, 2.45) is 0 Å². The van der Waals surface area contributed by atoms with Crippen molar-refractivity contribution < 1.29 is 4.39 Å². The molecule has 0 heterocycles. The van der Waals surface area contributed by atoms with Crippen molar-refractivity contribution in [3.8, 4) is 0 Å². The molecule has 0 N–H and O–H groups in total. The van der Waals surface area contributed by atoms with Gasteiger partial charge < -0.3 is 0 Å². The summed E-state index contributed by atoms with van der Waals surface area (Å²) in [7, 11) is 0. The van der Waals surface area contributed by atoms with E-state index in [1.54, 1.807) is 0 Å². The van der Waals surface area contributed by atoms with E-state index in [0.29, 0.717) is 0 Å². The minimum absolute atomic E-state index is 0.333. The van der Waals surface area contributed by atoms with Crippen LogP contribution in [0.5, 0.6) is 0 Å². The van der Waals surface area contributed by atoms with Crippen molar-refractivity contribution in [1.82, 2.24) is 0 Å². The van der Waals surface area contributed by atoms with Crippen molar-refractivity contribution in [2.45, 2.75) is 24.4 Å². The molecule has 0 nitrogen and oxygen atoms in total. The van der Waals surface area contributed by atoms with E-state index in [2.05, 4.69) is 0 Å². The van der Waals surface area contributed by atoms with E-state index in [9.17, 15) is 4.39 Å². The summed E-state index contributed by atoms with van der Waals surface area (Å²) in [6, 6.07) is 7.61. The molecule has 0 fully saturated rings. The average molecular weight is 185 g/mol. The summed E-state index contributed by atoms with van der Waals surface area (Å²) >= 11 is 5.82. The second kappa shape index (κ2) is 3.06. The van der Waals surface area contributed by atoms with Gasteiger partial charge >= 0.3 is 0 Å². The van der Waals surface area contributed by atoms with Gasteiger partial charge in [-0.05, 0) is 24.0 Å².